The summed E-state index contributed by atoms with van der Waals surface area (Å²) in [5, 5.41) is 8.84. The number of hydrogen-bond acceptors (Lipinski definition) is 3. The van der Waals surface area contributed by atoms with E-state index in [9.17, 15) is 4.79 Å². The van der Waals surface area contributed by atoms with Crippen LogP contribution >= 0.6 is 27.5 Å². The maximum atomic E-state index is 11.2. The molecule has 0 amide bonds. The molecule has 0 radical (unpaired) electrons. The molecule has 5 heteroatoms. The summed E-state index contributed by atoms with van der Waals surface area (Å²) in [6.07, 6.45) is 0.156. The number of hydrogen-bond donors (Lipinski definition) is 0. The van der Waals surface area contributed by atoms with E-state index >= 15 is 0 Å². The van der Waals surface area contributed by atoms with Crippen molar-refractivity contribution in [1.82, 2.24) is 0 Å². The predicted molar refractivity (Wildman–Crippen MR) is 64.1 cm³/mol. The highest BCUT2D eigenvalue weighted by molar-refractivity contribution is 9.10. The van der Waals surface area contributed by atoms with Gasteiger partial charge in [-0.1, -0.05) is 6.07 Å². The smallest absolute Gasteiger partial charge is 0.309 e. The minimum Gasteiger partial charge on any atom is -0.469 e. The van der Waals surface area contributed by atoms with Crippen LogP contribution in [0, 0.1) is 11.3 Å². The summed E-state index contributed by atoms with van der Waals surface area (Å²) in [6, 6.07) is 5.41. The van der Waals surface area contributed by atoms with E-state index in [0.29, 0.717) is 10.0 Å². The zero-order valence-electron chi connectivity index (χ0n) is 8.59. The molecule has 3 nitrogen and oxygen atoms in total. The summed E-state index contributed by atoms with van der Waals surface area (Å²) < 4.78 is 5.23. The number of benzene rings is 1. The molecule has 0 unspecified atom stereocenters. The van der Waals surface area contributed by atoms with Crippen LogP contribution in [0.3, 0.4) is 0 Å². The highest BCUT2D eigenvalue weighted by Gasteiger charge is 2.13. The van der Waals surface area contributed by atoms with Crippen molar-refractivity contribution >= 4 is 33.5 Å². The number of rotatable bonds is 3. The first kappa shape index (κ1) is 13.0. The van der Waals surface area contributed by atoms with Gasteiger partial charge in [0.15, 0.2) is 0 Å². The molecule has 0 bridgehead atoms. The molecule has 0 aliphatic rings. The lowest BCUT2D eigenvalue weighted by Gasteiger charge is -2.09. The Bertz CT molecular complexity index is 454. The Kier molecular flexibility index (Phi) is 4.78. The SMILES string of the molecule is COC(=O)Cc1ccc(C#N)c(Br)c1CCl. The Balaban J connectivity index is 3.17. The fourth-order valence-corrected chi connectivity index (χ4v) is 2.37. The molecule has 84 valence electrons. The Hall–Kier alpha value is -1.05. The van der Waals surface area contributed by atoms with Crippen LogP contribution in [0.1, 0.15) is 16.7 Å². The fraction of sp³-hybridized carbons (Fsp3) is 0.273. The van der Waals surface area contributed by atoms with E-state index in [1.54, 1.807) is 12.1 Å². The molecular weight excluding hydrogens is 293 g/mol. The number of esters is 1. The van der Waals surface area contributed by atoms with Crippen molar-refractivity contribution in [3.63, 3.8) is 0 Å². The second-order valence-electron chi connectivity index (χ2n) is 3.06. The van der Waals surface area contributed by atoms with Crippen molar-refractivity contribution in [2.24, 2.45) is 0 Å². The fourth-order valence-electron chi connectivity index (χ4n) is 1.29. The lowest BCUT2D eigenvalue weighted by atomic mass is 10.0. The number of ether oxygens (including phenoxy) is 1. The quantitative estimate of drug-likeness (QED) is 0.637. The van der Waals surface area contributed by atoms with E-state index in [1.807, 2.05) is 6.07 Å². The monoisotopic (exact) mass is 301 g/mol. The number of carbonyl (C=O) groups excluding carboxylic acids is 1. The van der Waals surface area contributed by atoms with E-state index in [-0.39, 0.29) is 18.3 Å². The lowest BCUT2D eigenvalue weighted by molar-refractivity contribution is -0.139. The van der Waals surface area contributed by atoms with Gasteiger partial charge in [-0.25, -0.2) is 0 Å². The van der Waals surface area contributed by atoms with Crippen molar-refractivity contribution in [2.75, 3.05) is 7.11 Å². The number of nitrogens with zero attached hydrogens (tertiary/aromatic N) is 1. The van der Waals surface area contributed by atoms with Gasteiger partial charge in [-0.15, -0.1) is 11.6 Å². The number of alkyl halides is 1. The van der Waals surface area contributed by atoms with Crippen molar-refractivity contribution in [3.05, 3.63) is 33.3 Å². The van der Waals surface area contributed by atoms with E-state index in [2.05, 4.69) is 20.7 Å². The first-order chi connectivity index (χ1) is 7.63. The zero-order valence-corrected chi connectivity index (χ0v) is 10.9. The zero-order chi connectivity index (χ0) is 12.1. The molecule has 0 aromatic heterocycles. The molecule has 16 heavy (non-hydrogen) atoms. The third-order valence-electron chi connectivity index (χ3n) is 2.16. The van der Waals surface area contributed by atoms with Crippen LogP contribution in [0.15, 0.2) is 16.6 Å². The number of nitriles is 1. The summed E-state index contributed by atoms with van der Waals surface area (Å²) in [5.41, 5.74) is 2.03. The Morgan fingerprint density at radius 1 is 1.62 bits per heavy atom. The maximum absolute atomic E-state index is 11.2. The van der Waals surface area contributed by atoms with Crippen LogP contribution in [-0.4, -0.2) is 13.1 Å². The van der Waals surface area contributed by atoms with Gasteiger partial charge >= 0.3 is 5.97 Å². The van der Waals surface area contributed by atoms with Crippen molar-refractivity contribution in [3.8, 4) is 6.07 Å². The van der Waals surface area contributed by atoms with Gasteiger partial charge in [-0.2, -0.15) is 5.26 Å². The van der Waals surface area contributed by atoms with Gasteiger partial charge in [-0.3, -0.25) is 4.79 Å². The summed E-state index contributed by atoms with van der Waals surface area (Å²) in [5.74, 6) is -0.0921. The Morgan fingerprint density at radius 2 is 2.31 bits per heavy atom. The molecule has 1 aromatic carbocycles. The van der Waals surface area contributed by atoms with Crippen molar-refractivity contribution in [2.45, 2.75) is 12.3 Å². The predicted octanol–water partition coefficient (Wildman–Crippen LogP) is 2.78. The van der Waals surface area contributed by atoms with Crippen molar-refractivity contribution in [1.29, 1.82) is 5.26 Å². The van der Waals surface area contributed by atoms with Gasteiger partial charge in [0.05, 0.1) is 19.1 Å². The van der Waals surface area contributed by atoms with Crippen molar-refractivity contribution < 1.29 is 9.53 Å². The second kappa shape index (κ2) is 5.88. The van der Waals surface area contributed by atoms with Gasteiger partial charge in [0.2, 0.25) is 0 Å². The Morgan fingerprint density at radius 3 is 2.81 bits per heavy atom. The summed E-state index contributed by atoms with van der Waals surface area (Å²) in [4.78, 5) is 11.2. The summed E-state index contributed by atoms with van der Waals surface area (Å²) >= 11 is 9.11. The molecule has 1 aromatic rings. The maximum Gasteiger partial charge on any atom is 0.309 e. The number of methoxy groups -OCH3 is 1. The molecule has 0 atom stereocenters. The van der Waals surface area contributed by atoms with Crippen LogP contribution in [0.25, 0.3) is 0 Å². The molecular formula is C11H9BrClNO2. The molecule has 0 N–H and O–H groups in total. The average molecular weight is 303 g/mol. The highest BCUT2D eigenvalue weighted by Crippen LogP contribution is 2.27. The highest BCUT2D eigenvalue weighted by atomic mass is 79.9. The van der Waals surface area contributed by atoms with E-state index in [4.69, 9.17) is 16.9 Å². The molecule has 1 rings (SSSR count). The van der Waals surface area contributed by atoms with Crippen LogP contribution in [0.4, 0.5) is 0 Å². The van der Waals surface area contributed by atoms with Gasteiger partial charge in [-0.05, 0) is 33.1 Å². The molecule has 0 fully saturated rings. The molecule has 0 spiro atoms. The van der Waals surface area contributed by atoms with Crippen LogP contribution in [-0.2, 0) is 21.8 Å². The van der Waals surface area contributed by atoms with E-state index < -0.39 is 0 Å². The molecule has 0 heterocycles. The topological polar surface area (TPSA) is 50.1 Å². The molecule has 0 saturated heterocycles. The van der Waals surface area contributed by atoms with E-state index in [1.165, 1.54) is 7.11 Å². The van der Waals surface area contributed by atoms with Gasteiger partial charge < -0.3 is 4.74 Å². The number of carbonyl (C=O) groups is 1. The average Bonchev–Trinajstić information content (AvgIpc) is 2.29. The minimum atomic E-state index is -0.331. The van der Waals surface area contributed by atoms with Crippen LogP contribution in [0.2, 0.25) is 0 Å². The molecule has 0 aliphatic carbocycles. The summed E-state index contributed by atoms with van der Waals surface area (Å²) in [7, 11) is 1.33. The van der Waals surface area contributed by atoms with Crippen LogP contribution in [0.5, 0.6) is 0 Å². The first-order valence-electron chi connectivity index (χ1n) is 4.47. The molecule has 0 saturated carbocycles. The standard InChI is InChI=1S/C11H9BrClNO2/c1-16-10(15)4-7-2-3-8(6-14)11(12)9(7)5-13/h2-3H,4-5H2,1H3. The largest absolute Gasteiger partial charge is 0.469 e. The van der Waals surface area contributed by atoms with Crippen LogP contribution < -0.4 is 0 Å². The van der Waals surface area contributed by atoms with E-state index in [0.717, 1.165) is 11.1 Å². The normalized spacial score (nSPS) is 9.62. The molecule has 0 aliphatic heterocycles. The summed E-state index contributed by atoms with van der Waals surface area (Å²) in [6.45, 7) is 0. The third-order valence-corrected chi connectivity index (χ3v) is 3.33. The minimum absolute atomic E-state index is 0.156. The lowest BCUT2D eigenvalue weighted by Crippen LogP contribution is -2.07. The van der Waals surface area contributed by atoms with Gasteiger partial charge in [0.1, 0.15) is 6.07 Å². The van der Waals surface area contributed by atoms with Gasteiger partial charge in [0.25, 0.3) is 0 Å². The second-order valence-corrected chi connectivity index (χ2v) is 4.12. The number of halogens is 2. The Labute approximate surface area is 107 Å². The van der Waals surface area contributed by atoms with Gasteiger partial charge in [0, 0.05) is 10.4 Å². The first-order valence-corrected chi connectivity index (χ1v) is 5.80. The third kappa shape index (κ3) is 2.75.